The van der Waals surface area contributed by atoms with Crippen LogP contribution in [0.3, 0.4) is 0 Å². The van der Waals surface area contributed by atoms with E-state index in [1.807, 2.05) is 4.90 Å². The van der Waals surface area contributed by atoms with Gasteiger partial charge in [-0.15, -0.1) is 0 Å². The van der Waals surface area contributed by atoms with Crippen LogP contribution < -0.4 is 10.2 Å². The van der Waals surface area contributed by atoms with Gasteiger partial charge in [0.15, 0.2) is 0 Å². The first-order chi connectivity index (χ1) is 12.7. The average Bonchev–Trinajstić information content (AvgIpc) is 2.61. The van der Waals surface area contributed by atoms with Crippen molar-refractivity contribution < 1.29 is 27.6 Å². The van der Waals surface area contributed by atoms with Gasteiger partial charge in [0.25, 0.3) is 5.69 Å². The molecule has 1 aliphatic heterocycles. The SMILES string of the molecule is COCCNC(=O)CN1CCN(c2ccc(C(F)(F)F)cc2[N+](=O)[O-])CC1. The highest BCUT2D eigenvalue weighted by atomic mass is 19.4. The van der Waals surface area contributed by atoms with Crippen molar-refractivity contribution in [2.24, 2.45) is 0 Å². The molecule has 0 atom stereocenters. The molecule has 2 rings (SSSR count). The number of nitro benzene ring substituents is 1. The minimum atomic E-state index is -4.64. The number of alkyl halides is 3. The summed E-state index contributed by atoms with van der Waals surface area (Å²) in [6.45, 7) is 2.69. The smallest absolute Gasteiger partial charge is 0.383 e. The van der Waals surface area contributed by atoms with E-state index < -0.39 is 22.4 Å². The Morgan fingerprint density at radius 3 is 2.52 bits per heavy atom. The van der Waals surface area contributed by atoms with Crippen LogP contribution in [-0.4, -0.2) is 68.7 Å². The standard InChI is InChI=1S/C16H21F3N4O4/c1-27-9-4-20-15(24)11-21-5-7-22(8-6-21)13-3-2-12(16(17,18)19)10-14(13)23(25)26/h2-3,10H,4-9,11H2,1H3,(H,20,24). The fourth-order valence-electron chi connectivity index (χ4n) is 2.81. The van der Waals surface area contributed by atoms with Gasteiger partial charge in [0.05, 0.1) is 23.6 Å². The highest BCUT2D eigenvalue weighted by Crippen LogP contribution is 2.36. The molecule has 0 saturated carbocycles. The van der Waals surface area contributed by atoms with Crippen molar-refractivity contribution in [1.29, 1.82) is 0 Å². The van der Waals surface area contributed by atoms with Gasteiger partial charge in [-0.2, -0.15) is 13.2 Å². The number of hydrogen-bond donors (Lipinski definition) is 1. The molecule has 1 saturated heterocycles. The fourth-order valence-corrected chi connectivity index (χ4v) is 2.81. The first kappa shape index (κ1) is 20.9. The molecule has 0 bridgehead atoms. The van der Waals surface area contributed by atoms with E-state index in [2.05, 4.69) is 5.32 Å². The third-order valence-corrected chi connectivity index (χ3v) is 4.21. The molecule has 0 unspecified atom stereocenters. The topological polar surface area (TPSA) is 88.0 Å². The zero-order chi connectivity index (χ0) is 20.0. The molecule has 1 N–H and O–H groups in total. The molecule has 1 amide bonds. The second-order valence-corrected chi connectivity index (χ2v) is 6.06. The zero-order valence-electron chi connectivity index (χ0n) is 14.8. The van der Waals surface area contributed by atoms with E-state index in [9.17, 15) is 28.1 Å². The molecular weight excluding hydrogens is 369 g/mol. The zero-order valence-corrected chi connectivity index (χ0v) is 14.8. The van der Waals surface area contributed by atoms with Gasteiger partial charge in [0.1, 0.15) is 5.69 Å². The Balaban J connectivity index is 1.99. The van der Waals surface area contributed by atoms with E-state index in [4.69, 9.17) is 4.74 Å². The normalized spacial score (nSPS) is 15.6. The Morgan fingerprint density at radius 2 is 1.96 bits per heavy atom. The van der Waals surface area contributed by atoms with Crippen LogP contribution in [0, 0.1) is 10.1 Å². The van der Waals surface area contributed by atoms with Crippen molar-refractivity contribution in [1.82, 2.24) is 10.2 Å². The van der Waals surface area contributed by atoms with Crippen LogP contribution in [0.15, 0.2) is 18.2 Å². The lowest BCUT2D eigenvalue weighted by Gasteiger charge is -2.35. The van der Waals surface area contributed by atoms with Crippen LogP contribution in [0.5, 0.6) is 0 Å². The highest BCUT2D eigenvalue weighted by Gasteiger charge is 2.34. The van der Waals surface area contributed by atoms with Crippen LogP contribution in [0.1, 0.15) is 5.56 Å². The Morgan fingerprint density at radius 1 is 1.30 bits per heavy atom. The fraction of sp³-hybridized carbons (Fsp3) is 0.562. The average molecular weight is 390 g/mol. The lowest BCUT2D eigenvalue weighted by Crippen LogP contribution is -2.49. The summed E-state index contributed by atoms with van der Waals surface area (Å²) in [5.41, 5.74) is -1.47. The summed E-state index contributed by atoms with van der Waals surface area (Å²) < 4.78 is 43.2. The van der Waals surface area contributed by atoms with Crippen molar-refractivity contribution >= 4 is 17.3 Å². The number of ether oxygens (including phenoxy) is 1. The highest BCUT2D eigenvalue weighted by molar-refractivity contribution is 5.78. The van der Waals surface area contributed by atoms with Crippen LogP contribution >= 0.6 is 0 Å². The van der Waals surface area contributed by atoms with E-state index in [1.165, 1.54) is 7.11 Å². The van der Waals surface area contributed by atoms with Crippen molar-refractivity contribution in [3.05, 3.63) is 33.9 Å². The molecule has 0 aromatic heterocycles. The van der Waals surface area contributed by atoms with Crippen LogP contribution in [-0.2, 0) is 15.7 Å². The largest absolute Gasteiger partial charge is 0.416 e. The van der Waals surface area contributed by atoms with E-state index in [0.717, 1.165) is 12.1 Å². The summed E-state index contributed by atoms with van der Waals surface area (Å²) in [5, 5.41) is 13.9. The van der Waals surface area contributed by atoms with Crippen molar-refractivity contribution in [3.8, 4) is 0 Å². The van der Waals surface area contributed by atoms with Gasteiger partial charge in [-0.3, -0.25) is 19.8 Å². The van der Waals surface area contributed by atoms with E-state index in [1.54, 1.807) is 4.90 Å². The molecule has 0 aliphatic carbocycles. The quantitative estimate of drug-likeness (QED) is 0.431. The molecule has 150 valence electrons. The molecule has 1 aromatic rings. The van der Waals surface area contributed by atoms with Gasteiger partial charge in [-0.1, -0.05) is 0 Å². The molecular formula is C16H21F3N4O4. The van der Waals surface area contributed by atoms with Crippen molar-refractivity contribution in [2.45, 2.75) is 6.18 Å². The predicted octanol–water partition coefficient (Wildman–Crippen LogP) is 1.50. The van der Waals surface area contributed by atoms with Gasteiger partial charge >= 0.3 is 6.18 Å². The number of anilines is 1. The first-order valence-corrected chi connectivity index (χ1v) is 8.31. The number of rotatable bonds is 7. The number of piperazine rings is 1. The molecule has 1 heterocycles. The van der Waals surface area contributed by atoms with Crippen LogP contribution in [0.4, 0.5) is 24.5 Å². The third kappa shape index (κ3) is 5.79. The summed E-state index contributed by atoms with van der Waals surface area (Å²) in [5.74, 6) is -0.152. The summed E-state index contributed by atoms with van der Waals surface area (Å²) >= 11 is 0. The molecule has 1 fully saturated rings. The van der Waals surface area contributed by atoms with Crippen LogP contribution in [0.25, 0.3) is 0 Å². The Hall–Kier alpha value is -2.40. The maximum Gasteiger partial charge on any atom is 0.416 e. The Bertz CT molecular complexity index is 676. The van der Waals surface area contributed by atoms with Crippen LogP contribution in [0.2, 0.25) is 0 Å². The number of carbonyl (C=O) groups excluding carboxylic acids is 1. The number of methoxy groups -OCH3 is 1. The number of carbonyl (C=O) groups is 1. The number of amides is 1. The number of benzene rings is 1. The van der Waals surface area contributed by atoms with Gasteiger partial charge in [-0.25, -0.2) is 0 Å². The Kier molecular flexibility index (Phi) is 6.97. The minimum absolute atomic E-state index is 0.150. The number of halogens is 3. The lowest BCUT2D eigenvalue weighted by atomic mass is 10.1. The van der Waals surface area contributed by atoms with Gasteiger partial charge in [0.2, 0.25) is 5.91 Å². The maximum absolute atomic E-state index is 12.8. The number of nitro groups is 1. The molecule has 11 heteroatoms. The summed E-state index contributed by atoms with van der Waals surface area (Å²) in [7, 11) is 1.53. The van der Waals surface area contributed by atoms with E-state index in [0.29, 0.717) is 45.4 Å². The van der Waals surface area contributed by atoms with Gasteiger partial charge in [-0.05, 0) is 12.1 Å². The number of hydrogen-bond acceptors (Lipinski definition) is 6. The molecule has 1 aliphatic rings. The third-order valence-electron chi connectivity index (χ3n) is 4.21. The summed E-state index contributed by atoms with van der Waals surface area (Å²) in [4.78, 5) is 25.8. The predicted molar refractivity (Wildman–Crippen MR) is 91.6 cm³/mol. The lowest BCUT2D eigenvalue weighted by molar-refractivity contribution is -0.384. The second-order valence-electron chi connectivity index (χ2n) is 6.06. The van der Waals surface area contributed by atoms with E-state index in [-0.39, 0.29) is 18.1 Å². The van der Waals surface area contributed by atoms with Crippen molar-refractivity contribution in [2.75, 3.05) is 57.9 Å². The Labute approximate surface area is 154 Å². The monoisotopic (exact) mass is 390 g/mol. The first-order valence-electron chi connectivity index (χ1n) is 8.31. The second kappa shape index (κ2) is 9.00. The van der Waals surface area contributed by atoms with Crippen molar-refractivity contribution in [3.63, 3.8) is 0 Å². The molecule has 1 aromatic carbocycles. The molecule has 27 heavy (non-hydrogen) atoms. The molecule has 0 spiro atoms. The number of nitrogens with one attached hydrogen (secondary N) is 1. The van der Waals surface area contributed by atoms with Gasteiger partial charge in [0, 0.05) is 45.9 Å². The minimum Gasteiger partial charge on any atom is -0.383 e. The summed E-state index contributed by atoms with van der Waals surface area (Å²) in [6, 6.07) is 2.54. The van der Waals surface area contributed by atoms with E-state index >= 15 is 0 Å². The maximum atomic E-state index is 12.8. The number of nitrogens with zero attached hydrogens (tertiary/aromatic N) is 3. The molecule has 0 radical (unpaired) electrons. The summed E-state index contributed by atoms with van der Waals surface area (Å²) in [6.07, 6.45) is -4.64. The molecule has 8 nitrogen and oxygen atoms in total. The van der Waals surface area contributed by atoms with Gasteiger partial charge < -0.3 is 15.0 Å².